The zero-order valence-electron chi connectivity index (χ0n) is 17.4. The Bertz CT molecular complexity index is 1080. The Balaban J connectivity index is 1.56. The van der Waals surface area contributed by atoms with Crippen molar-refractivity contribution >= 4 is 28.4 Å². The van der Waals surface area contributed by atoms with Gasteiger partial charge in [0.25, 0.3) is 5.91 Å². The van der Waals surface area contributed by atoms with Crippen LogP contribution in [-0.4, -0.2) is 32.9 Å². The molecule has 1 aromatic carbocycles. The molecule has 154 valence electrons. The Morgan fingerprint density at radius 2 is 2.14 bits per heavy atom. The third-order valence-electron chi connectivity index (χ3n) is 5.83. The number of rotatable bonds is 6. The van der Waals surface area contributed by atoms with E-state index in [2.05, 4.69) is 35.8 Å². The predicted octanol–water partition coefficient (Wildman–Crippen LogP) is 4.27. The van der Waals surface area contributed by atoms with Crippen LogP contribution < -0.4 is 10.1 Å². The van der Waals surface area contributed by atoms with Crippen molar-refractivity contribution in [2.45, 2.75) is 59.7 Å². The molecular weight excluding hydrogens is 388 g/mol. The number of carbonyl (C=O) groups excluding carboxylic acids is 1. The van der Waals surface area contributed by atoms with E-state index in [9.17, 15) is 4.79 Å². The Morgan fingerprint density at radius 1 is 1.34 bits per heavy atom. The van der Waals surface area contributed by atoms with Crippen LogP contribution in [0.1, 0.15) is 47.7 Å². The van der Waals surface area contributed by atoms with Gasteiger partial charge in [0.15, 0.2) is 0 Å². The standard InChI is InChI=1S/C22H27ClN4O2/c1-5-15-12-26-19(11-17-18(23)7-8-20(29-15)21(17)26)22(28)24-10-9-16-13(3)25-27(6-2)14(16)4/h7-8,11,15H,5-6,9-10,12H2,1-4H3,(H,24,28)/t15-/m1/s1. The van der Waals surface area contributed by atoms with Crippen molar-refractivity contribution in [3.05, 3.63) is 45.9 Å². The number of ether oxygens (including phenoxy) is 1. The van der Waals surface area contributed by atoms with E-state index in [1.54, 1.807) is 0 Å². The molecule has 2 aromatic heterocycles. The summed E-state index contributed by atoms with van der Waals surface area (Å²) in [7, 11) is 0. The highest BCUT2D eigenvalue weighted by Crippen LogP contribution is 2.38. The number of nitrogens with one attached hydrogen (secondary N) is 1. The third-order valence-corrected chi connectivity index (χ3v) is 6.16. The molecule has 1 atom stereocenters. The van der Waals surface area contributed by atoms with E-state index in [0.717, 1.165) is 41.7 Å². The largest absolute Gasteiger partial charge is 0.486 e. The fraction of sp³-hybridized carbons (Fsp3) is 0.455. The van der Waals surface area contributed by atoms with E-state index < -0.39 is 0 Å². The second kappa shape index (κ2) is 7.75. The molecule has 1 amide bonds. The molecule has 0 unspecified atom stereocenters. The summed E-state index contributed by atoms with van der Waals surface area (Å²) >= 11 is 6.40. The second-order valence-corrected chi connectivity index (χ2v) is 7.97. The zero-order chi connectivity index (χ0) is 20.7. The van der Waals surface area contributed by atoms with Crippen LogP contribution in [0.5, 0.6) is 5.75 Å². The monoisotopic (exact) mass is 414 g/mol. The van der Waals surface area contributed by atoms with Gasteiger partial charge >= 0.3 is 0 Å². The lowest BCUT2D eigenvalue weighted by Gasteiger charge is -2.26. The summed E-state index contributed by atoms with van der Waals surface area (Å²) in [4.78, 5) is 13.0. The van der Waals surface area contributed by atoms with Crippen molar-refractivity contribution < 1.29 is 9.53 Å². The van der Waals surface area contributed by atoms with Gasteiger partial charge in [0, 0.05) is 24.2 Å². The summed E-state index contributed by atoms with van der Waals surface area (Å²) in [6, 6.07) is 5.60. The number of benzene rings is 1. The minimum absolute atomic E-state index is 0.0519. The van der Waals surface area contributed by atoms with Crippen LogP contribution in [0, 0.1) is 13.8 Å². The molecule has 0 spiro atoms. The van der Waals surface area contributed by atoms with Crippen molar-refractivity contribution in [2.24, 2.45) is 0 Å². The number of hydrogen-bond acceptors (Lipinski definition) is 3. The molecule has 0 aliphatic carbocycles. The van der Waals surface area contributed by atoms with Gasteiger partial charge in [0.2, 0.25) is 0 Å². The maximum absolute atomic E-state index is 13.0. The van der Waals surface area contributed by atoms with Gasteiger partial charge in [-0.2, -0.15) is 5.10 Å². The number of hydrogen-bond donors (Lipinski definition) is 1. The molecule has 0 bridgehead atoms. The molecule has 6 nitrogen and oxygen atoms in total. The maximum Gasteiger partial charge on any atom is 0.267 e. The molecule has 0 radical (unpaired) electrons. The van der Waals surface area contributed by atoms with Crippen LogP contribution in [0.25, 0.3) is 10.9 Å². The van der Waals surface area contributed by atoms with Crippen LogP contribution in [0.2, 0.25) is 5.02 Å². The molecule has 1 aliphatic heterocycles. The van der Waals surface area contributed by atoms with Crippen molar-refractivity contribution in [3.63, 3.8) is 0 Å². The van der Waals surface area contributed by atoms with Gasteiger partial charge in [-0.15, -0.1) is 0 Å². The number of nitrogens with zero attached hydrogens (tertiary/aromatic N) is 3. The van der Waals surface area contributed by atoms with E-state index >= 15 is 0 Å². The minimum atomic E-state index is -0.0850. The van der Waals surface area contributed by atoms with Crippen molar-refractivity contribution in [1.82, 2.24) is 19.7 Å². The topological polar surface area (TPSA) is 61.1 Å². The molecule has 1 aliphatic rings. The minimum Gasteiger partial charge on any atom is -0.486 e. The fourth-order valence-corrected chi connectivity index (χ4v) is 4.42. The Morgan fingerprint density at radius 3 is 2.83 bits per heavy atom. The van der Waals surface area contributed by atoms with Crippen molar-refractivity contribution in [2.75, 3.05) is 6.54 Å². The van der Waals surface area contributed by atoms with Crippen LogP contribution in [0.15, 0.2) is 18.2 Å². The van der Waals surface area contributed by atoms with Gasteiger partial charge < -0.3 is 14.6 Å². The van der Waals surface area contributed by atoms with Crippen molar-refractivity contribution in [3.8, 4) is 5.75 Å². The first-order valence-corrected chi connectivity index (χ1v) is 10.6. The highest BCUT2D eigenvalue weighted by molar-refractivity contribution is 6.36. The van der Waals surface area contributed by atoms with Gasteiger partial charge in [-0.3, -0.25) is 9.48 Å². The van der Waals surface area contributed by atoms with E-state index in [0.29, 0.717) is 23.8 Å². The normalized spacial score (nSPS) is 15.6. The number of amides is 1. The van der Waals surface area contributed by atoms with E-state index in [-0.39, 0.29) is 12.0 Å². The molecule has 29 heavy (non-hydrogen) atoms. The molecule has 1 N–H and O–H groups in total. The number of carbonyl (C=O) groups is 1. The summed E-state index contributed by atoms with van der Waals surface area (Å²) < 4.78 is 10.1. The molecule has 3 heterocycles. The van der Waals surface area contributed by atoms with Crippen LogP contribution in [-0.2, 0) is 19.5 Å². The van der Waals surface area contributed by atoms with Crippen molar-refractivity contribution in [1.29, 1.82) is 0 Å². The number of halogens is 1. The van der Waals surface area contributed by atoms with Gasteiger partial charge in [-0.25, -0.2) is 0 Å². The third kappa shape index (κ3) is 3.39. The van der Waals surface area contributed by atoms with Crippen LogP contribution in [0.4, 0.5) is 0 Å². The molecule has 7 heteroatoms. The maximum atomic E-state index is 13.0. The molecule has 0 saturated carbocycles. The first-order chi connectivity index (χ1) is 13.9. The van der Waals surface area contributed by atoms with E-state index in [4.69, 9.17) is 16.3 Å². The summed E-state index contributed by atoms with van der Waals surface area (Å²) in [5.41, 5.74) is 4.94. The van der Waals surface area contributed by atoms with Gasteiger partial charge in [-0.05, 0) is 57.4 Å². The van der Waals surface area contributed by atoms with E-state index in [1.807, 2.05) is 29.8 Å². The Labute approximate surface area is 175 Å². The lowest BCUT2D eigenvalue weighted by Crippen LogP contribution is -2.32. The Kier molecular flexibility index (Phi) is 5.30. The summed E-state index contributed by atoms with van der Waals surface area (Å²) in [6.45, 7) is 10.3. The van der Waals surface area contributed by atoms with Crippen LogP contribution in [0.3, 0.4) is 0 Å². The van der Waals surface area contributed by atoms with Crippen LogP contribution >= 0.6 is 11.6 Å². The van der Waals surface area contributed by atoms with Gasteiger partial charge in [0.05, 0.1) is 22.8 Å². The highest BCUT2D eigenvalue weighted by atomic mass is 35.5. The Hall–Kier alpha value is -2.47. The lowest BCUT2D eigenvalue weighted by molar-refractivity contribution is 0.0938. The smallest absolute Gasteiger partial charge is 0.267 e. The predicted molar refractivity (Wildman–Crippen MR) is 115 cm³/mol. The first-order valence-electron chi connectivity index (χ1n) is 10.2. The average Bonchev–Trinajstić information content (AvgIpc) is 3.24. The molecule has 0 fully saturated rings. The molecule has 0 saturated heterocycles. The van der Waals surface area contributed by atoms with Gasteiger partial charge in [0.1, 0.15) is 17.5 Å². The lowest BCUT2D eigenvalue weighted by atomic mass is 10.1. The zero-order valence-corrected chi connectivity index (χ0v) is 18.1. The first kappa shape index (κ1) is 19.8. The second-order valence-electron chi connectivity index (χ2n) is 7.57. The molecule has 4 rings (SSSR count). The number of aromatic nitrogens is 3. The summed E-state index contributed by atoms with van der Waals surface area (Å²) in [6.07, 6.45) is 1.69. The molecular formula is C22H27ClN4O2. The highest BCUT2D eigenvalue weighted by Gasteiger charge is 2.27. The summed E-state index contributed by atoms with van der Waals surface area (Å²) in [5, 5.41) is 9.13. The van der Waals surface area contributed by atoms with E-state index in [1.165, 1.54) is 11.3 Å². The molecule has 3 aromatic rings. The SMILES string of the molecule is CC[C@@H]1Cn2c(C(=O)NCCc3c(C)nn(CC)c3C)cc3c(Cl)ccc(c32)O1. The number of aryl methyl sites for hydroxylation is 2. The quantitative estimate of drug-likeness (QED) is 0.655. The van der Waals surface area contributed by atoms with Gasteiger partial charge in [-0.1, -0.05) is 18.5 Å². The average molecular weight is 415 g/mol. The summed E-state index contributed by atoms with van der Waals surface area (Å²) in [5.74, 6) is 0.706. The fourth-order valence-electron chi connectivity index (χ4n) is 4.22.